The highest BCUT2D eigenvalue weighted by atomic mass is 31.2. The van der Waals surface area contributed by atoms with Gasteiger partial charge in [0.15, 0.2) is 12.3 Å². The molecule has 1 aromatic rings. The van der Waals surface area contributed by atoms with E-state index in [9.17, 15) is 29.0 Å². The number of phosphoric acid groups is 1. The minimum atomic E-state index is -5.06. The lowest BCUT2D eigenvalue weighted by Gasteiger charge is -2.26. The van der Waals surface area contributed by atoms with Crippen molar-refractivity contribution in [1.29, 1.82) is 0 Å². The monoisotopic (exact) mass is 422 g/mol. The predicted molar refractivity (Wildman–Crippen MR) is 93.5 cm³/mol. The van der Waals surface area contributed by atoms with E-state index in [-0.39, 0.29) is 11.7 Å². The Hall–Kier alpha value is -1.86. The van der Waals surface area contributed by atoms with Gasteiger partial charge in [-0.1, -0.05) is 13.8 Å². The lowest BCUT2D eigenvalue weighted by Crippen LogP contribution is -2.45. The first-order valence-electron chi connectivity index (χ1n) is 8.25. The maximum Gasteiger partial charge on any atom is 0.470 e. The maximum absolute atomic E-state index is 12.3. The molecule has 0 unspecified atom stereocenters. The number of anilines is 1. The summed E-state index contributed by atoms with van der Waals surface area (Å²) in [6.45, 7) is 2.61. The molecule has 1 aliphatic heterocycles. The van der Waals surface area contributed by atoms with Crippen LogP contribution in [-0.2, 0) is 23.4 Å². The number of carbonyl (C=O) groups is 1. The van der Waals surface area contributed by atoms with Gasteiger partial charge in [-0.15, -0.1) is 0 Å². The van der Waals surface area contributed by atoms with Crippen LogP contribution in [0.15, 0.2) is 17.1 Å². The third-order valence-electron chi connectivity index (χ3n) is 4.09. The molecule has 158 valence electrons. The van der Waals surface area contributed by atoms with Crippen molar-refractivity contribution in [2.24, 2.45) is 11.7 Å². The van der Waals surface area contributed by atoms with E-state index in [1.165, 1.54) is 12.3 Å². The third-order valence-corrected chi connectivity index (χ3v) is 4.61. The van der Waals surface area contributed by atoms with Gasteiger partial charge in [-0.3, -0.25) is 13.9 Å². The number of aromatic nitrogens is 2. The third kappa shape index (κ3) is 5.14. The van der Waals surface area contributed by atoms with Crippen molar-refractivity contribution < 1.29 is 38.3 Å². The Balaban J connectivity index is 2.44. The molecule has 7 N–H and O–H groups in total. The summed E-state index contributed by atoms with van der Waals surface area (Å²) < 4.78 is 27.7. The average Bonchev–Trinajstić information content (AvgIpc) is 2.89. The summed E-state index contributed by atoms with van der Waals surface area (Å²) in [5, 5.41) is 9.51. The van der Waals surface area contributed by atoms with Gasteiger partial charge in [-0.2, -0.15) is 4.98 Å². The molecule has 5 atom stereocenters. The van der Waals surface area contributed by atoms with Crippen LogP contribution in [0.3, 0.4) is 0 Å². The predicted octanol–water partition coefficient (Wildman–Crippen LogP) is -1.91. The standard InChI is InChI=1S/C14H23N4O9P/c1-6(2)9(16)13(20)26-11-10(27-28(22,23)24)7(5-19)25-12(11)18-4-3-8(15)17-14(18)21/h3-4,6-7,9-12,19H,5,16H2,1-2H3,(H2,15,17,21)(H2,22,23,24)/t7-,9+,10-,11-,12-/m1/s1. The smallest absolute Gasteiger partial charge is 0.453 e. The number of nitrogen functional groups attached to an aromatic ring is 1. The topological polar surface area (TPSA) is 209 Å². The van der Waals surface area contributed by atoms with Crippen molar-refractivity contribution in [3.63, 3.8) is 0 Å². The number of nitrogens with two attached hydrogens (primary N) is 2. The number of nitrogens with zero attached hydrogens (tertiary/aromatic N) is 2. The highest BCUT2D eigenvalue weighted by Gasteiger charge is 2.51. The van der Waals surface area contributed by atoms with Gasteiger partial charge in [0, 0.05) is 6.20 Å². The zero-order chi connectivity index (χ0) is 21.2. The zero-order valence-electron chi connectivity index (χ0n) is 15.1. The maximum atomic E-state index is 12.3. The molecule has 0 bridgehead atoms. The number of aliphatic hydroxyl groups excluding tert-OH is 1. The zero-order valence-corrected chi connectivity index (χ0v) is 16.0. The van der Waals surface area contributed by atoms with Gasteiger partial charge in [0.2, 0.25) is 0 Å². The number of hydrogen-bond donors (Lipinski definition) is 5. The Labute approximate surface area is 159 Å². The lowest BCUT2D eigenvalue weighted by molar-refractivity contribution is -0.161. The van der Waals surface area contributed by atoms with Crippen molar-refractivity contribution in [2.75, 3.05) is 12.3 Å². The minimum Gasteiger partial charge on any atom is -0.453 e. The van der Waals surface area contributed by atoms with E-state index in [2.05, 4.69) is 9.51 Å². The molecule has 2 rings (SSSR count). The number of hydrogen-bond acceptors (Lipinski definition) is 10. The van der Waals surface area contributed by atoms with Crippen LogP contribution in [0.5, 0.6) is 0 Å². The molecule has 0 amide bonds. The van der Waals surface area contributed by atoms with Crippen LogP contribution in [0.4, 0.5) is 5.82 Å². The van der Waals surface area contributed by atoms with E-state index >= 15 is 0 Å². The molecule has 13 nitrogen and oxygen atoms in total. The first-order chi connectivity index (χ1) is 12.9. The molecule has 28 heavy (non-hydrogen) atoms. The molecule has 2 heterocycles. The van der Waals surface area contributed by atoms with Gasteiger partial charge in [0.05, 0.1) is 6.61 Å². The van der Waals surface area contributed by atoms with E-state index in [0.717, 1.165) is 4.57 Å². The number of rotatable bonds is 7. The van der Waals surface area contributed by atoms with Gasteiger partial charge in [0.1, 0.15) is 24.1 Å². The van der Waals surface area contributed by atoms with Crippen LogP contribution in [0.25, 0.3) is 0 Å². The van der Waals surface area contributed by atoms with E-state index in [0.29, 0.717) is 0 Å². The normalized spacial score (nSPS) is 26.4. The molecule has 1 aromatic heterocycles. The first kappa shape index (κ1) is 22.4. The Morgan fingerprint density at radius 2 is 2.07 bits per heavy atom. The minimum absolute atomic E-state index is 0.0728. The Morgan fingerprint density at radius 3 is 2.57 bits per heavy atom. The lowest BCUT2D eigenvalue weighted by atomic mass is 10.1. The summed E-state index contributed by atoms with van der Waals surface area (Å²) in [6, 6.07) is 0.222. The van der Waals surface area contributed by atoms with Crippen molar-refractivity contribution in [3.8, 4) is 0 Å². The van der Waals surface area contributed by atoms with Crippen LogP contribution in [0, 0.1) is 5.92 Å². The Bertz CT molecular complexity index is 810. The SMILES string of the molecule is CC(C)[C@H](N)C(=O)O[C@@H]1[C@H](OP(=O)(O)O)[C@@H](CO)O[C@H]1n1ccc(N)nc1=O. The number of ether oxygens (including phenoxy) is 2. The summed E-state index contributed by atoms with van der Waals surface area (Å²) in [5.74, 6) is -1.27. The molecule has 1 fully saturated rings. The van der Waals surface area contributed by atoms with Crippen LogP contribution < -0.4 is 17.2 Å². The van der Waals surface area contributed by atoms with Crippen molar-refractivity contribution in [1.82, 2.24) is 9.55 Å². The first-order valence-corrected chi connectivity index (χ1v) is 9.78. The number of esters is 1. The van der Waals surface area contributed by atoms with Gasteiger partial charge in [-0.05, 0) is 12.0 Å². The van der Waals surface area contributed by atoms with Crippen molar-refractivity contribution in [3.05, 3.63) is 22.7 Å². The highest BCUT2D eigenvalue weighted by Crippen LogP contribution is 2.44. The number of phosphoric ester groups is 1. The van der Waals surface area contributed by atoms with Crippen LogP contribution in [0.1, 0.15) is 20.1 Å². The fraction of sp³-hybridized carbons (Fsp3) is 0.643. The number of aliphatic hydroxyl groups is 1. The molecule has 0 aromatic carbocycles. The summed E-state index contributed by atoms with van der Waals surface area (Å²) in [4.78, 5) is 46.4. The molecular formula is C14H23N4O9P. The molecule has 1 saturated heterocycles. The molecule has 14 heteroatoms. The molecule has 0 spiro atoms. The van der Waals surface area contributed by atoms with Crippen LogP contribution >= 0.6 is 7.82 Å². The van der Waals surface area contributed by atoms with Crippen molar-refractivity contribution in [2.45, 2.75) is 44.4 Å². The fourth-order valence-electron chi connectivity index (χ4n) is 2.59. The van der Waals surface area contributed by atoms with E-state index in [1.807, 2.05) is 0 Å². The van der Waals surface area contributed by atoms with Crippen LogP contribution in [-0.4, -0.2) is 61.4 Å². The second kappa shape index (κ2) is 8.66. The molecule has 0 radical (unpaired) electrons. The van der Waals surface area contributed by atoms with Crippen LogP contribution in [0.2, 0.25) is 0 Å². The van der Waals surface area contributed by atoms with E-state index < -0.39 is 56.7 Å². The fourth-order valence-corrected chi connectivity index (χ4v) is 3.17. The van der Waals surface area contributed by atoms with E-state index in [4.69, 9.17) is 20.9 Å². The second-order valence-corrected chi connectivity index (χ2v) is 7.71. The molecule has 0 saturated carbocycles. The Morgan fingerprint density at radius 1 is 1.43 bits per heavy atom. The summed E-state index contributed by atoms with van der Waals surface area (Å²) in [5.41, 5.74) is 10.3. The van der Waals surface area contributed by atoms with Crippen molar-refractivity contribution >= 4 is 19.6 Å². The molecule has 1 aliphatic rings. The summed E-state index contributed by atoms with van der Waals surface area (Å²) >= 11 is 0. The quantitative estimate of drug-likeness (QED) is 0.241. The largest absolute Gasteiger partial charge is 0.470 e. The van der Waals surface area contributed by atoms with E-state index in [1.54, 1.807) is 13.8 Å². The van der Waals surface area contributed by atoms with Gasteiger partial charge < -0.3 is 35.8 Å². The summed E-state index contributed by atoms with van der Waals surface area (Å²) in [7, 11) is -5.06. The molecular weight excluding hydrogens is 399 g/mol. The second-order valence-electron chi connectivity index (χ2n) is 6.52. The highest BCUT2D eigenvalue weighted by molar-refractivity contribution is 7.46. The Kier molecular flexibility index (Phi) is 6.93. The number of carbonyl (C=O) groups excluding carboxylic acids is 1. The average molecular weight is 422 g/mol. The summed E-state index contributed by atoms with van der Waals surface area (Å²) in [6.07, 6.45) is -4.59. The molecule has 0 aliphatic carbocycles. The van der Waals surface area contributed by atoms with Gasteiger partial charge in [0.25, 0.3) is 0 Å². The van der Waals surface area contributed by atoms with Gasteiger partial charge >= 0.3 is 19.5 Å². The van der Waals surface area contributed by atoms with Gasteiger partial charge in [-0.25, -0.2) is 9.36 Å².